The summed E-state index contributed by atoms with van der Waals surface area (Å²) < 4.78 is 37.1. The molecule has 0 aliphatic rings. The molecule has 0 unspecified atom stereocenters. The van der Waals surface area contributed by atoms with E-state index in [2.05, 4.69) is 4.72 Å². The Kier molecular flexibility index (Phi) is 4.64. The number of hydrogen-bond acceptors (Lipinski definition) is 5. The molecule has 0 radical (unpaired) electrons. The fraction of sp³-hybridized carbons (Fsp3) is 0.231. The first-order chi connectivity index (χ1) is 9.56. The predicted molar refractivity (Wildman–Crippen MR) is 77.9 cm³/mol. The average molecular weight is 313 g/mol. The lowest BCUT2D eigenvalue weighted by Crippen LogP contribution is -2.22. The minimum Gasteiger partial charge on any atom is -0.493 e. The van der Waals surface area contributed by atoms with Gasteiger partial charge in [-0.3, -0.25) is 0 Å². The molecule has 1 aromatic carbocycles. The second kappa shape index (κ2) is 6.25. The van der Waals surface area contributed by atoms with E-state index >= 15 is 0 Å². The van der Waals surface area contributed by atoms with Gasteiger partial charge in [-0.2, -0.15) is 0 Å². The number of methoxy groups -OCH3 is 2. The zero-order valence-electron chi connectivity index (χ0n) is 11.1. The quantitative estimate of drug-likeness (QED) is 0.888. The topological polar surface area (TPSA) is 64.6 Å². The molecule has 0 aliphatic carbocycles. The molecule has 20 heavy (non-hydrogen) atoms. The van der Waals surface area contributed by atoms with Gasteiger partial charge < -0.3 is 9.47 Å². The summed E-state index contributed by atoms with van der Waals surface area (Å²) in [5, 5.41) is 1.90. The number of rotatable bonds is 6. The molecule has 2 rings (SSSR count). The highest BCUT2D eigenvalue weighted by Crippen LogP contribution is 2.29. The molecule has 1 N–H and O–H groups in total. The highest BCUT2D eigenvalue weighted by atomic mass is 32.2. The summed E-state index contributed by atoms with van der Waals surface area (Å²) >= 11 is 1.50. The summed E-state index contributed by atoms with van der Waals surface area (Å²) in [6.45, 7) is 0.272. The standard InChI is InChI=1S/C13H15NO4S2/c1-17-12-6-5-11(8-13(12)18-2)20(15,16)14-9-10-4-3-7-19-10/h3-8,14H,9H2,1-2H3. The number of ether oxygens (including phenoxy) is 2. The minimum absolute atomic E-state index is 0.145. The third-order valence-electron chi connectivity index (χ3n) is 2.68. The van der Waals surface area contributed by atoms with Crippen molar-refractivity contribution in [3.8, 4) is 11.5 Å². The normalized spacial score (nSPS) is 11.3. The van der Waals surface area contributed by atoms with Crippen LogP contribution in [0.3, 0.4) is 0 Å². The lowest BCUT2D eigenvalue weighted by atomic mass is 10.3. The zero-order chi connectivity index (χ0) is 14.6. The van der Waals surface area contributed by atoms with Crippen LogP contribution in [0, 0.1) is 0 Å². The van der Waals surface area contributed by atoms with Crippen LogP contribution in [0.15, 0.2) is 40.6 Å². The SMILES string of the molecule is COc1ccc(S(=O)(=O)NCc2cccs2)cc1OC. The van der Waals surface area contributed by atoms with Crippen LogP contribution in [0.25, 0.3) is 0 Å². The van der Waals surface area contributed by atoms with E-state index in [1.807, 2.05) is 17.5 Å². The number of thiophene rings is 1. The van der Waals surface area contributed by atoms with Gasteiger partial charge in [0.15, 0.2) is 11.5 Å². The van der Waals surface area contributed by atoms with E-state index < -0.39 is 10.0 Å². The van der Waals surface area contributed by atoms with Crippen LogP contribution < -0.4 is 14.2 Å². The van der Waals surface area contributed by atoms with E-state index in [9.17, 15) is 8.42 Å². The first-order valence-electron chi connectivity index (χ1n) is 5.81. The van der Waals surface area contributed by atoms with Crippen molar-refractivity contribution in [1.29, 1.82) is 0 Å². The number of nitrogens with one attached hydrogen (secondary N) is 1. The van der Waals surface area contributed by atoms with Crippen LogP contribution in [0.1, 0.15) is 4.88 Å². The molecular weight excluding hydrogens is 298 g/mol. The summed E-state index contributed by atoms with van der Waals surface area (Å²) in [5.74, 6) is 0.871. The molecule has 7 heteroatoms. The molecule has 108 valence electrons. The lowest BCUT2D eigenvalue weighted by Gasteiger charge is -2.10. The number of hydrogen-bond donors (Lipinski definition) is 1. The molecule has 0 saturated carbocycles. The molecule has 0 spiro atoms. The van der Waals surface area contributed by atoms with E-state index in [0.29, 0.717) is 11.5 Å². The third-order valence-corrected chi connectivity index (χ3v) is 4.96. The molecule has 0 amide bonds. The van der Waals surface area contributed by atoms with Gasteiger partial charge in [-0.1, -0.05) is 6.07 Å². The first kappa shape index (κ1) is 14.8. The monoisotopic (exact) mass is 313 g/mol. The highest BCUT2D eigenvalue weighted by Gasteiger charge is 2.16. The molecule has 1 aromatic heterocycles. The summed E-state index contributed by atoms with van der Waals surface area (Å²) in [4.78, 5) is 1.10. The maximum Gasteiger partial charge on any atom is 0.241 e. The smallest absolute Gasteiger partial charge is 0.241 e. The van der Waals surface area contributed by atoms with Crippen LogP contribution in [0.2, 0.25) is 0 Å². The van der Waals surface area contributed by atoms with Gasteiger partial charge in [-0.05, 0) is 23.6 Å². The van der Waals surface area contributed by atoms with Crippen molar-refractivity contribution < 1.29 is 17.9 Å². The van der Waals surface area contributed by atoms with Gasteiger partial charge in [-0.25, -0.2) is 13.1 Å². The van der Waals surface area contributed by atoms with E-state index in [1.165, 1.54) is 37.7 Å². The Morgan fingerprint density at radius 1 is 1.15 bits per heavy atom. The van der Waals surface area contributed by atoms with Crippen molar-refractivity contribution in [2.45, 2.75) is 11.4 Å². The average Bonchev–Trinajstić information content (AvgIpc) is 2.97. The van der Waals surface area contributed by atoms with Gasteiger partial charge in [0, 0.05) is 17.5 Å². The predicted octanol–water partition coefficient (Wildman–Crippen LogP) is 2.24. The van der Waals surface area contributed by atoms with Gasteiger partial charge >= 0.3 is 0 Å². The Bertz CT molecular complexity index is 666. The second-order valence-electron chi connectivity index (χ2n) is 3.92. The van der Waals surface area contributed by atoms with Gasteiger partial charge in [0.25, 0.3) is 0 Å². The molecule has 5 nitrogen and oxygen atoms in total. The van der Waals surface area contributed by atoms with Crippen molar-refractivity contribution in [1.82, 2.24) is 4.72 Å². The van der Waals surface area contributed by atoms with Crippen molar-refractivity contribution in [3.05, 3.63) is 40.6 Å². The minimum atomic E-state index is -3.57. The maximum atomic E-state index is 12.2. The molecule has 0 atom stereocenters. The maximum absolute atomic E-state index is 12.2. The Labute approximate surface area is 122 Å². The van der Waals surface area contributed by atoms with E-state index in [-0.39, 0.29) is 11.4 Å². The second-order valence-corrected chi connectivity index (χ2v) is 6.72. The van der Waals surface area contributed by atoms with E-state index in [4.69, 9.17) is 9.47 Å². The number of benzene rings is 1. The van der Waals surface area contributed by atoms with Crippen LogP contribution in [-0.4, -0.2) is 22.6 Å². The molecule has 0 aliphatic heterocycles. The largest absolute Gasteiger partial charge is 0.493 e. The van der Waals surface area contributed by atoms with E-state index in [0.717, 1.165) is 4.88 Å². The molecule has 0 fully saturated rings. The Hall–Kier alpha value is -1.57. The van der Waals surface area contributed by atoms with Gasteiger partial charge in [0.05, 0.1) is 19.1 Å². The summed E-state index contributed by atoms with van der Waals surface area (Å²) in [7, 11) is -0.606. The Morgan fingerprint density at radius 2 is 1.90 bits per heavy atom. The molecule has 1 heterocycles. The zero-order valence-corrected chi connectivity index (χ0v) is 12.8. The molecule has 0 saturated heterocycles. The van der Waals surface area contributed by atoms with Crippen molar-refractivity contribution in [2.75, 3.05) is 14.2 Å². The third kappa shape index (κ3) is 3.30. The van der Waals surface area contributed by atoms with Gasteiger partial charge in [0.1, 0.15) is 0 Å². The van der Waals surface area contributed by atoms with Crippen molar-refractivity contribution >= 4 is 21.4 Å². The van der Waals surface area contributed by atoms with Crippen LogP contribution in [0.5, 0.6) is 11.5 Å². The van der Waals surface area contributed by atoms with Crippen LogP contribution >= 0.6 is 11.3 Å². The van der Waals surface area contributed by atoms with Gasteiger partial charge in [-0.15, -0.1) is 11.3 Å². The molecular formula is C13H15NO4S2. The molecule has 0 bridgehead atoms. The van der Waals surface area contributed by atoms with Crippen molar-refractivity contribution in [2.24, 2.45) is 0 Å². The summed E-state index contributed by atoms with van der Waals surface area (Å²) in [6, 6.07) is 8.25. The number of sulfonamides is 1. The summed E-state index contributed by atoms with van der Waals surface area (Å²) in [6.07, 6.45) is 0. The highest BCUT2D eigenvalue weighted by molar-refractivity contribution is 7.89. The van der Waals surface area contributed by atoms with Crippen LogP contribution in [0.4, 0.5) is 0 Å². The van der Waals surface area contributed by atoms with Crippen LogP contribution in [-0.2, 0) is 16.6 Å². The van der Waals surface area contributed by atoms with Crippen molar-refractivity contribution in [3.63, 3.8) is 0 Å². The fourth-order valence-electron chi connectivity index (χ4n) is 1.65. The van der Waals surface area contributed by atoms with Gasteiger partial charge in [0.2, 0.25) is 10.0 Å². The Morgan fingerprint density at radius 3 is 2.50 bits per heavy atom. The fourth-order valence-corrected chi connectivity index (χ4v) is 3.40. The summed E-state index contributed by atoms with van der Waals surface area (Å²) in [5.41, 5.74) is 0. The van der Waals surface area contributed by atoms with E-state index in [1.54, 1.807) is 6.07 Å². The first-order valence-corrected chi connectivity index (χ1v) is 8.17. The lowest BCUT2D eigenvalue weighted by molar-refractivity contribution is 0.354. The molecule has 2 aromatic rings. The Balaban J connectivity index is 2.20.